The zero-order valence-electron chi connectivity index (χ0n) is 14.9. The molecule has 2 unspecified atom stereocenters. The maximum absolute atomic E-state index is 13.4. The minimum atomic E-state index is -1.05. The van der Waals surface area contributed by atoms with E-state index in [1.54, 1.807) is 28.0 Å². The molecule has 2 aromatic rings. The van der Waals surface area contributed by atoms with Crippen LogP contribution in [-0.2, 0) is 20.0 Å². The minimum Gasteiger partial charge on any atom is -0.452 e. The van der Waals surface area contributed by atoms with Gasteiger partial charge in [-0.15, -0.1) is 0 Å². The highest BCUT2D eigenvalue weighted by atomic mass is 35.5. The zero-order chi connectivity index (χ0) is 19.5. The maximum Gasteiger partial charge on any atom is 0.306 e. The number of halogens is 1. The highest BCUT2D eigenvalue weighted by Crippen LogP contribution is 2.50. The summed E-state index contributed by atoms with van der Waals surface area (Å²) in [5.74, 6) is -0.741. The van der Waals surface area contributed by atoms with Crippen LogP contribution in [0.4, 0.5) is 0 Å². The molecule has 5 rings (SSSR count). The quantitative estimate of drug-likeness (QED) is 0.732. The van der Waals surface area contributed by atoms with Crippen LogP contribution in [0.1, 0.15) is 34.3 Å². The van der Waals surface area contributed by atoms with Crippen molar-refractivity contribution in [2.45, 2.75) is 24.6 Å². The van der Waals surface area contributed by atoms with E-state index in [1.165, 1.54) is 0 Å². The fourth-order valence-electron chi connectivity index (χ4n) is 4.62. The van der Waals surface area contributed by atoms with Crippen LogP contribution >= 0.6 is 11.6 Å². The lowest BCUT2D eigenvalue weighted by Gasteiger charge is -2.41. The fourth-order valence-corrected chi connectivity index (χ4v) is 4.75. The van der Waals surface area contributed by atoms with Crippen molar-refractivity contribution in [2.75, 3.05) is 13.1 Å². The van der Waals surface area contributed by atoms with E-state index in [1.807, 2.05) is 30.3 Å². The Morgan fingerprint density at radius 2 is 1.82 bits per heavy atom. The van der Waals surface area contributed by atoms with Gasteiger partial charge >= 0.3 is 5.97 Å². The van der Waals surface area contributed by atoms with Crippen LogP contribution in [-0.4, -0.2) is 46.8 Å². The summed E-state index contributed by atoms with van der Waals surface area (Å²) in [7, 11) is 0. The van der Waals surface area contributed by atoms with Gasteiger partial charge in [0.2, 0.25) is 0 Å². The molecule has 7 heteroatoms. The summed E-state index contributed by atoms with van der Waals surface area (Å²) in [4.78, 5) is 41.5. The zero-order valence-corrected chi connectivity index (χ0v) is 15.7. The Morgan fingerprint density at radius 3 is 2.54 bits per heavy atom. The Bertz CT molecular complexity index is 1010. The molecule has 0 N–H and O–H groups in total. The Hall–Kier alpha value is -2.86. The number of ether oxygens (including phenoxy) is 1. The first-order valence-corrected chi connectivity index (χ1v) is 9.60. The van der Waals surface area contributed by atoms with Gasteiger partial charge in [0.1, 0.15) is 0 Å². The normalized spacial score (nSPS) is 25.7. The third-order valence-corrected chi connectivity index (χ3v) is 6.03. The molecule has 0 spiro atoms. The minimum absolute atomic E-state index is 0.107. The average molecular weight is 397 g/mol. The molecule has 3 aliphatic heterocycles. The van der Waals surface area contributed by atoms with Crippen molar-refractivity contribution in [2.24, 2.45) is 0 Å². The predicted octanol–water partition coefficient (Wildman–Crippen LogP) is 2.54. The summed E-state index contributed by atoms with van der Waals surface area (Å²) in [5.41, 5.74) is 1.07. The van der Waals surface area contributed by atoms with Crippen molar-refractivity contribution in [3.63, 3.8) is 0 Å². The van der Waals surface area contributed by atoms with E-state index < -0.39 is 11.8 Å². The van der Waals surface area contributed by atoms with E-state index in [2.05, 4.69) is 0 Å². The lowest BCUT2D eigenvalue weighted by atomic mass is 9.89. The molecule has 3 aliphatic rings. The Kier molecular flexibility index (Phi) is 3.74. The fraction of sp³-hybridized carbons (Fsp3) is 0.286. The summed E-state index contributed by atoms with van der Waals surface area (Å²) < 4.78 is 5.24. The SMILES string of the molecule is O=C1CCC(C(=O)N2CCN3C(=O)c4ccccc4C32c2ccc(Cl)cc2)O1. The van der Waals surface area contributed by atoms with Gasteiger partial charge in [-0.1, -0.05) is 41.9 Å². The van der Waals surface area contributed by atoms with E-state index in [4.69, 9.17) is 16.3 Å². The van der Waals surface area contributed by atoms with Crippen LogP contribution in [0.15, 0.2) is 48.5 Å². The molecule has 2 amide bonds. The van der Waals surface area contributed by atoms with Gasteiger partial charge in [0.05, 0.1) is 0 Å². The molecular formula is C21H17ClN2O4. The van der Waals surface area contributed by atoms with Crippen LogP contribution in [0.5, 0.6) is 0 Å². The average Bonchev–Trinajstić information content (AvgIpc) is 3.37. The molecule has 2 saturated heterocycles. The number of esters is 1. The number of amides is 2. The van der Waals surface area contributed by atoms with Gasteiger partial charge in [-0.25, -0.2) is 0 Å². The highest BCUT2D eigenvalue weighted by Gasteiger charge is 2.60. The lowest BCUT2D eigenvalue weighted by Crippen LogP contribution is -2.54. The van der Waals surface area contributed by atoms with Gasteiger partial charge in [-0.3, -0.25) is 14.4 Å². The van der Waals surface area contributed by atoms with E-state index in [0.29, 0.717) is 30.1 Å². The van der Waals surface area contributed by atoms with Gasteiger partial charge in [0.15, 0.2) is 11.8 Å². The summed E-state index contributed by atoms with van der Waals surface area (Å²) >= 11 is 6.09. The molecule has 6 nitrogen and oxygen atoms in total. The molecular weight excluding hydrogens is 380 g/mol. The first-order chi connectivity index (χ1) is 13.5. The summed E-state index contributed by atoms with van der Waals surface area (Å²) in [5, 5.41) is 0.574. The van der Waals surface area contributed by atoms with Gasteiger partial charge in [-0.05, 0) is 18.2 Å². The topological polar surface area (TPSA) is 66.9 Å². The molecule has 0 saturated carbocycles. The summed E-state index contributed by atoms with van der Waals surface area (Å²) in [6.07, 6.45) is -0.211. The number of rotatable bonds is 2. The Labute approximate surface area is 166 Å². The van der Waals surface area contributed by atoms with E-state index >= 15 is 0 Å². The van der Waals surface area contributed by atoms with Crippen molar-refractivity contribution in [3.05, 3.63) is 70.2 Å². The van der Waals surface area contributed by atoms with Gasteiger partial charge < -0.3 is 14.5 Å². The molecule has 0 radical (unpaired) electrons. The Balaban J connectivity index is 1.70. The van der Waals surface area contributed by atoms with Crippen molar-refractivity contribution in [3.8, 4) is 0 Å². The maximum atomic E-state index is 13.4. The molecule has 2 atom stereocenters. The molecule has 0 bridgehead atoms. The number of carbonyl (C=O) groups is 3. The number of cyclic esters (lactones) is 1. The second-order valence-corrected chi connectivity index (χ2v) is 7.62. The first kappa shape index (κ1) is 17.3. The van der Waals surface area contributed by atoms with Crippen molar-refractivity contribution in [1.82, 2.24) is 9.80 Å². The Morgan fingerprint density at radius 1 is 1.07 bits per heavy atom. The van der Waals surface area contributed by atoms with Gasteiger partial charge in [-0.2, -0.15) is 0 Å². The molecule has 142 valence electrons. The number of hydrogen-bond acceptors (Lipinski definition) is 4. The monoisotopic (exact) mass is 396 g/mol. The van der Waals surface area contributed by atoms with Crippen LogP contribution in [0.2, 0.25) is 5.02 Å². The summed E-state index contributed by atoms with van der Waals surface area (Å²) in [6, 6.07) is 14.6. The van der Waals surface area contributed by atoms with Crippen LogP contribution in [0, 0.1) is 0 Å². The van der Waals surface area contributed by atoms with Crippen molar-refractivity contribution >= 4 is 29.4 Å². The van der Waals surface area contributed by atoms with Gasteiger partial charge in [0, 0.05) is 47.6 Å². The number of hydrogen-bond donors (Lipinski definition) is 0. The summed E-state index contributed by atoms with van der Waals surface area (Å²) in [6.45, 7) is 0.776. The van der Waals surface area contributed by atoms with Crippen LogP contribution in [0.3, 0.4) is 0 Å². The molecule has 3 heterocycles. The van der Waals surface area contributed by atoms with E-state index in [-0.39, 0.29) is 24.2 Å². The smallest absolute Gasteiger partial charge is 0.306 e. The standard InChI is InChI=1S/C21H17ClN2O4/c22-14-7-5-13(6-8-14)21-16-4-2-1-3-15(16)19(26)23(21)11-12-24(21)20(27)17-9-10-18(25)28-17/h1-8,17H,9-12H2. The highest BCUT2D eigenvalue weighted by molar-refractivity contribution is 6.30. The number of carbonyl (C=O) groups excluding carboxylic acids is 3. The molecule has 28 heavy (non-hydrogen) atoms. The second kappa shape index (κ2) is 6.07. The number of benzene rings is 2. The third-order valence-electron chi connectivity index (χ3n) is 5.78. The molecule has 2 aromatic carbocycles. The largest absolute Gasteiger partial charge is 0.452 e. The van der Waals surface area contributed by atoms with Crippen LogP contribution in [0.25, 0.3) is 0 Å². The molecule has 2 fully saturated rings. The predicted molar refractivity (Wildman–Crippen MR) is 101 cm³/mol. The van der Waals surface area contributed by atoms with Crippen molar-refractivity contribution < 1.29 is 19.1 Å². The molecule has 0 aliphatic carbocycles. The third kappa shape index (κ3) is 2.18. The van der Waals surface area contributed by atoms with Gasteiger partial charge in [0.25, 0.3) is 11.8 Å². The van der Waals surface area contributed by atoms with Crippen molar-refractivity contribution in [1.29, 1.82) is 0 Å². The second-order valence-electron chi connectivity index (χ2n) is 7.19. The number of nitrogens with zero attached hydrogens (tertiary/aromatic N) is 2. The number of fused-ring (bicyclic) bond motifs is 3. The molecule has 0 aromatic heterocycles. The lowest BCUT2D eigenvalue weighted by molar-refractivity contribution is -0.156. The van der Waals surface area contributed by atoms with Crippen LogP contribution < -0.4 is 0 Å². The first-order valence-electron chi connectivity index (χ1n) is 9.22. The van der Waals surface area contributed by atoms with E-state index in [9.17, 15) is 14.4 Å². The van der Waals surface area contributed by atoms with E-state index in [0.717, 1.165) is 11.1 Å².